The van der Waals surface area contributed by atoms with Gasteiger partial charge in [0, 0.05) is 10.5 Å². The van der Waals surface area contributed by atoms with Crippen molar-refractivity contribution in [2.75, 3.05) is 7.11 Å². The molecule has 0 atom stereocenters. The topological polar surface area (TPSA) is 92.8 Å². The number of halogens is 1. The predicted molar refractivity (Wildman–Crippen MR) is 64.8 cm³/mol. The largest absolute Gasteiger partial charge is 0.504 e. The molecule has 0 aliphatic carbocycles. The number of aromatic nitrogens is 1. The number of hydrogen-bond donors (Lipinski definition) is 2. The third-order valence-electron chi connectivity index (χ3n) is 2.26. The summed E-state index contributed by atoms with van der Waals surface area (Å²) < 4.78 is 10.3. The van der Waals surface area contributed by atoms with Gasteiger partial charge in [0.2, 0.25) is 5.76 Å². The van der Waals surface area contributed by atoms with E-state index in [1.807, 2.05) is 0 Å². The summed E-state index contributed by atoms with van der Waals surface area (Å²) in [6.45, 7) is 0. The number of carboxylic acid groups (broad SMARTS) is 1. The molecule has 0 saturated carbocycles. The van der Waals surface area contributed by atoms with Gasteiger partial charge in [-0.15, -0.1) is 0 Å². The van der Waals surface area contributed by atoms with Gasteiger partial charge in [0.15, 0.2) is 11.5 Å². The van der Waals surface area contributed by atoms with Crippen LogP contribution in [0.15, 0.2) is 27.2 Å². The monoisotopic (exact) mass is 313 g/mol. The van der Waals surface area contributed by atoms with E-state index >= 15 is 0 Å². The van der Waals surface area contributed by atoms with Gasteiger partial charge >= 0.3 is 5.97 Å². The van der Waals surface area contributed by atoms with E-state index in [0.717, 1.165) is 0 Å². The lowest BCUT2D eigenvalue weighted by molar-refractivity contribution is 0.0652. The molecule has 94 valence electrons. The van der Waals surface area contributed by atoms with Gasteiger partial charge in [-0.05, 0) is 12.1 Å². The highest BCUT2D eigenvalue weighted by Gasteiger charge is 2.17. The first-order valence-electron chi connectivity index (χ1n) is 4.80. The maximum atomic E-state index is 10.7. The van der Waals surface area contributed by atoms with Crippen LogP contribution < -0.4 is 4.74 Å². The Labute approximate surface area is 110 Å². The van der Waals surface area contributed by atoms with E-state index in [2.05, 4.69) is 25.6 Å². The molecule has 0 saturated heterocycles. The summed E-state index contributed by atoms with van der Waals surface area (Å²) in [4.78, 5) is 10.7. The summed E-state index contributed by atoms with van der Waals surface area (Å²) in [6, 6.07) is 4.39. The molecule has 2 aromatic rings. The van der Waals surface area contributed by atoms with Gasteiger partial charge in [-0.25, -0.2) is 4.79 Å². The van der Waals surface area contributed by atoms with Crippen molar-refractivity contribution in [3.05, 3.63) is 28.4 Å². The highest BCUT2D eigenvalue weighted by Crippen LogP contribution is 2.39. The van der Waals surface area contributed by atoms with Crippen LogP contribution >= 0.6 is 15.9 Å². The fraction of sp³-hybridized carbons (Fsp3) is 0.0909. The Morgan fingerprint density at radius 1 is 1.44 bits per heavy atom. The highest BCUT2D eigenvalue weighted by atomic mass is 79.9. The third kappa shape index (κ3) is 2.17. The Hall–Kier alpha value is -2.02. The summed E-state index contributed by atoms with van der Waals surface area (Å²) >= 11 is 3.26. The summed E-state index contributed by atoms with van der Waals surface area (Å²) in [5, 5.41) is 22.3. The maximum absolute atomic E-state index is 10.7. The van der Waals surface area contributed by atoms with E-state index < -0.39 is 5.97 Å². The molecular formula is C11H8BrNO5. The van der Waals surface area contributed by atoms with Crippen molar-refractivity contribution in [3.8, 4) is 22.8 Å². The highest BCUT2D eigenvalue weighted by molar-refractivity contribution is 9.10. The molecule has 6 nitrogen and oxygen atoms in total. The number of methoxy groups -OCH3 is 1. The first-order chi connectivity index (χ1) is 8.52. The Bertz CT molecular complexity index is 607. The summed E-state index contributed by atoms with van der Waals surface area (Å²) in [5.74, 6) is -1.41. The van der Waals surface area contributed by atoms with Crippen molar-refractivity contribution in [2.24, 2.45) is 0 Å². The third-order valence-corrected chi connectivity index (χ3v) is 2.71. The second-order valence-corrected chi connectivity index (χ2v) is 4.30. The van der Waals surface area contributed by atoms with Gasteiger partial charge in [0.25, 0.3) is 0 Å². The molecule has 0 aliphatic heterocycles. The fourth-order valence-electron chi connectivity index (χ4n) is 1.43. The molecule has 1 aromatic heterocycles. The van der Waals surface area contributed by atoms with E-state index in [4.69, 9.17) is 9.84 Å². The normalized spacial score (nSPS) is 10.3. The van der Waals surface area contributed by atoms with Gasteiger partial charge in [-0.1, -0.05) is 21.1 Å². The molecule has 0 bridgehead atoms. The van der Waals surface area contributed by atoms with Gasteiger partial charge in [0.1, 0.15) is 5.69 Å². The van der Waals surface area contributed by atoms with E-state index in [1.165, 1.54) is 13.2 Å². The Morgan fingerprint density at radius 2 is 2.17 bits per heavy atom. The predicted octanol–water partition coefficient (Wildman–Crippen LogP) is 2.52. The average Bonchev–Trinajstić information content (AvgIpc) is 2.81. The van der Waals surface area contributed by atoms with Gasteiger partial charge in [-0.3, -0.25) is 0 Å². The lowest BCUT2D eigenvalue weighted by Crippen LogP contribution is -1.91. The number of hydrogen-bond acceptors (Lipinski definition) is 5. The zero-order chi connectivity index (χ0) is 13.3. The van der Waals surface area contributed by atoms with E-state index in [-0.39, 0.29) is 23.0 Å². The smallest absolute Gasteiger partial charge is 0.374 e. The molecule has 1 aromatic carbocycles. The number of phenols is 1. The van der Waals surface area contributed by atoms with Crippen molar-refractivity contribution >= 4 is 21.9 Å². The van der Waals surface area contributed by atoms with Gasteiger partial charge in [-0.2, -0.15) is 0 Å². The number of phenolic OH excluding ortho intramolecular Hbond substituents is 1. The minimum Gasteiger partial charge on any atom is -0.504 e. The number of rotatable bonds is 3. The first kappa shape index (κ1) is 12.4. The summed E-state index contributed by atoms with van der Waals surface area (Å²) in [6.07, 6.45) is 0. The van der Waals surface area contributed by atoms with Crippen molar-refractivity contribution < 1.29 is 24.3 Å². The molecule has 0 radical (unpaired) electrons. The molecular weight excluding hydrogens is 306 g/mol. The minimum atomic E-state index is -1.23. The Balaban J connectivity index is 2.55. The molecule has 2 N–H and O–H groups in total. The fourth-order valence-corrected chi connectivity index (χ4v) is 1.86. The second-order valence-electron chi connectivity index (χ2n) is 3.39. The van der Waals surface area contributed by atoms with Crippen molar-refractivity contribution in [2.45, 2.75) is 0 Å². The molecule has 18 heavy (non-hydrogen) atoms. The van der Waals surface area contributed by atoms with Crippen molar-refractivity contribution in [1.29, 1.82) is 0 Å². The number of ether oxygens (including phenoxy) is 1. The quantitative estimate of drug-likeness (QED) is 0.904. The van der Waals surface area contributed by atoms with Crippen LogP contribution in [0.4, 0.5) is 0 Å². The molecule has 0 aliphatic rings. The Kier molecular flexibility index (Phi) is 3.24. The number of aromatic carboxylic acids is 1. The SMILES string of the molecule is COc1cc(Br)cc(-c2cc(C(=O)O)on2)c1O. The summed E-state index contributed by atoms with van der Waals surface area (Å²) in [5.41, 5.74) is 0.530. The number of aromatic hydroxyl groups is 1. The van der Waals surface area contributed by atoms with Crippen LogP contribution in [-0.4, -0.2) is 28.4 Å². The zero-order valence-electron chi connectivity index (χ0n) is 9.18. The maximum Gasteiger partial charge on any atom is 0.374 e. The van der Waals surface area contributed by atoms with E-state index in [0.29, 0.717) is 10.0 Å². The molecule has 0 unspecified atom stereocenters. The van der Waals surface area contributed by atoms with Gasteiger partial charge < -0.3 is 19.5 Å². The Morgan fingerprint density at radius 3 is 2.72 bits per heavy atom. The second kappa shape index (κ2) is 4.69. The van der Waals surface area contributed by atoms with Gasteiger partial charge in [0.05, 0.1) is 12.7 Å². The van der Waals surface area contributed by atoms with E-state index in [1.54, 1.807) is 12.1 Å². The van der Waals surface area contributed by atoms with Crippen LogP contribution in [0.3, 0.4) is 0 Å². The van der Waals surface area contributed by atoms with Crippen molar-refractivity contribution in [3.63, 3.8) is 0 Å². The zero-order valence-corrected chi connectivity index (χ0v) is 10.8. The lowest BCUT2D eigenvalue weighted by Gasteiger charge is -2.07. The number of benzene rings is 1. The van der Waals surface area contributed by atoms with E-state index in [9.17, 15) is 9.90 Å². The molecule has 7 heteroatoms. The van der Waals surface area contributed by atoms with Crippen molar-refractivity contribution in [1.82, 2.24) is 5.16 Å². The number of carbonyl (C=O) groups is 1. The molecule has 1 heterocycles. The van der Waals surface area contributed by atoms with Crippen LogP contribution in [0, 0.1) is 0 Å². The molecule has 0 spiro atoms. The van der Waals surface area contributed by atoms with Crippen LogP contribution in [0.5, 0.6) is 11.5 Å². The standard InChI is InChI=1S/C11H8BrNO5/c1-17-8-3-5(12)2-6(10(8)14)7-4-9(11(15)16)18-13-7/h2-4,14H,1H3,(H,15,16). The average molecular weight is 314 g/mol. The first-order valence-corrected chi connectivity index (χ1v) is 5.59. The minimum absolute atomic E-state index is 0.133. The van der Waals surface area contributed by atoms with Crippen LogP contribution in [0.25, 0.3) is 11.3 Å². The number of nitrogens with zero attached hydrogens (tertiary/aromatic N) is 1. The van der Waals surface area contributed by atoms with Crippen LogP contribution in [0.2, 0.25) is 0 Å². The number of carboxylic acids is 1. The molecule has 2 rings (SSSR count). The van der Waals surface area contributed by atoms with Crippen LogP contribution in [0.1, 0.15) is 10.6 Å². The lowest BCUT2D eigenvalue weighted by atomic mass is 10.1. The molecule has 0 amide bonds. The summed E-state index contributed by atoms with van der Waals surface area (Å²) in [7, 11) is 1.41. The molecule has 0 fully saturated rings. The van der Waals surface area contributed by atoms with Crippen LogP contribution in [-0.2, 0) is 0 Å².